The van der Waals surface area contributed by atoms with Crippen LogP contribution in [0.2, 0.25) is 0 Å². The Hall–Kier alpha value is -5.44. The Labute approximate surface area is 260 Å². The summed E-state index contributed by atoms with van der Waals surface area (Å²) in [5.74, 6) is -12.5. The summed E-state index contributed by atoms with van der Waals surface area (Å²) in [6.07, 6.45) is -5.22. The van der Waals surface area contributed by atoms with Gasteiger partial charge < -0.3 is 50.3 Å². The largest absolute Gasteiger partial charge is 0.504 e. The molecule has 4 rings (SSSR count). The molecule has 1 saturated carbocycles. The lowest BCUT2D eigenvalue weighted by molar-refractivity contribution is -0.330. The highest BCUT2D eigenvalue weighted by atomic mass is 16.7. The molecule has 1 aliphatic carbocycles. The number of benzene rings is 3. The molecule has 3 aromatic carbocycles. The van der Waals surface area contributed by atoms with Crippen LogP contribution in [0.25, 0.3) is 6.08 Å². The molecular formula is C32H30O14. The van der Waals surface area contributed by atoms with E-state index in [4.69, 9.17) is 9.47 Å². The molecule has 0 bridgehead atoms. The minimum atomic E-state index is -3.16. The zero-order valence-electron chi connectivity index (χ0n) is 23.9. The van der Waals surface area contributed by atoms with Gasteiger partial charge in [-0.1, -0.05) is 36.4 Å². The lowest BCUT2D eigenvalue weighted by atomic mass is 9.67. The van der Waals surface area contributed by atoms with E-state index >= 15 is 0 Å². The number of aliphatic hydroxyl groups is 3. The van der Waals surface area contributed by atoms with Crippen molar-refractivity contribution in [3.63, 3.8) is 0 Å². The predicted octanol–water partition coefficient (Wildman–Crippen LogP) is 1.38. The van der Waals surface area contributed by atoms with E-state index in [1.807, 2.05) is 0 Å². The molecule has 8 N–H and O–H groups in total. The van der Waals surface area contributed by atoms with Gasteiger partial charge in [-0.05, 0) is 54.0 Å². The number of carbonyl (C=O) groups is 4. The molecule has 0 aliphatic heterocycles. The summed E-state index contributed by atoms with van der Waals surface area (Å²) in [6.45, 7) is 0. The van der Waals surface area contributed by atoms with Crippen LogP contribution in [-0.4, -0.2) is 88.1 Å². The molecule has 14 heteroatoms. The van der Waals surface area contributed by atoms with Gasteiger partial charge in [-0.15, -0.1) is 0 Å². The summed E-state index contributed by atoms with van der Waals surface area (Å²) >= 11 is 0. The van der Waals surface area contributed by atoms with Crippen LogP contribution in [0.3, 0.4) is 0 Å². The number of aliphatic hydroxyl groups excluding tert-OH is 1. The third kappa shape index (κ3) is 7.10. The summed E-state index contributed by atoms with van der Waals surface area (Å²) in [5, 5.41) is 82.3. The van der Waals surface area contributed by atoms with Crippen LogP contribution in [0.5, 0.6) is 23.0 Å². The van der Waals surface area contributed by atoms with Crippen molar-refractivity contribution in [3.05, 3.63) is 89.5 Å². The third-order valence-corrected chi connectivity index (χ3v) is 7.57. The van der Waals surface area contributed by atoms with Gasteiger partial charge in [0, 0.05) is 24.0 Å². The maximum Gasteiger partial charge on any atom is 0.336 e. The molecule has 46 heavy (non-hydrogen) atoms. The maximum atomic E-state index is 13.1. The fourth-order valence-corrected chi connectivity index (χ4v) is 5.12. The Kier molecular flexibility index (Phi) is 9.66. The molecule has 0 spiro atoms. The van der Waals surface area contributed by atoms with Gasteiger partial charge in [0.25, 0.3) is 5.79 Å². The van der Waals surface area contributed by atoms with Gasteiger partial charge in [0.05, 0.1) is 0 Å². The van der Waals surface area contributed by atoms with Crippen LogP contribution in [-0.2, 0) is 30.3 Å². The molecule has 5 atom stereocenters. The van der Waals surface area contributed by atoms with Crippen molar-refractivity contribution in [2.24, 2.45) is 5.92 Å². The van der Waals surface area contributed by atoms with Crippen LogP contribution in [0.1, 0.15) is 34.3 Å². The van der Waals surface area contributed by atoms with Gasteiger partial charge in [0.15, 0.2) is 40.5 Å². The first-order chi connectivity index (χ1) is 21.6. The second kappa shape index (κ2) is 13.3. The lowest BCUT2D eigenvalue weighted by Gasteiger charge is -2.50. The number of rotatable bonds is 10. The number of carboxylic acids is 1. The van der Waals surface area contributed by atoms with E-state index in [1.165, 1.54) is 6.07 Å². The van der Waals surface area contributed by atoms with Crippen LogP contribution in [0, 0.1) is 5.92 Å². The minimum absolute atomic E-state index is 0.201. The number of Topliss-reactive ketones (excluding diaryl/α,β-unsaturated/α-hetero) is 1. The van der Waals surface area contributed by atoms with Gasteiger partial charge in [0.1, 0.15) is 12.5 Å². The first-order valence-corrected chi connectivity index (χ1v) is 13.7. The van der Waals surface area contributed by atoms with Crippen molar-refractivity contribution in [2.45, 2.75) is 42.9 Å². The number of hydrogen-bond donors (Lipinski definition) is 8. The first-order valence-electron chi connectivity index (χ1n) is 13.7. The Bertz CT molecular complexity index is 1670. The van der Waals surface area contributed by atoms with Gasteiger partial charge in [-0.3, -0.25) is 9.59 Å². The number of carbonyl (C=O) groups excluding carboxylic acids is 3. The topological polar surface area (TPSA) is 249 Å². The van der Waals surface area contributed by atoms with E-state index in [9.17, 15) is 60.0 Å². The zero-order valence-corrected chi connectivity index (χ0v) is 23.9. The average molecular weight is 639 g/mol. The second-order valence-electron chi connectivity index (χ2n) is 10.7. The van der Waals surface area contributed by atoms with Crippen molar-refractivity contribution in [1.29, 1.82) is 0 Å². The van der Waals surface area contributed by atoms with Crippen molar-refractivity contribution < 1.29 is 69.5 Å². The number of aliphatic carboxylic acids is 1. The minimum Gasteiger partial charge on any atom is -0.504 e. The van der Waals surface area contributed by atoms with E-state index in [2.05, 4.69) is 0 Å². The highest BCUT2D eigenvalue weighted by molar-refractivity contribution is 6.06. The lowest BCUT2D eigenvalue weighted by Crippen LogP contribution is -2.71. The van der Waals surface area contributed by atoms with Crippen LogP contribution >= 0.6 is 0 Å². The third-order valence-electron chi connectivity index (χ3n) is 7.57. The molecule has 0 heterocycles. The summed E-state index contributed by atoms with van der Waals surface area (Å²) in [5.41, 5.74) is -2.45. The molecule has 0 amide bonds. The van der Waals surface area contributed by atoms with Crippen molar-refractivity contribution in [1.82, 2.24) is 0 Å². The molecular weight excluding hydrogens is 608 g/mol. The number of hydrogen-bond acceptors (Lipinski definition) is 13. The highest BCUT2D eigenvalue weighted by Gasteiger charge is 2.66. The molecule has 0 unspecified atom stereocenters. The van der Waals surface area contributed by atoms with Crippen molar-refractivity contribution >= 4 is 29.8 Å². The van der Waals surface area contributed by atoms with E-state index in [0.717, 1.165) is 42.5 Å². The zero-order chi connectivity index (χ0) is 33.8. The normalized spacial score (nSPS) is 24.3. The van der Waals surface area contributed by atoms with E-state index in [1.54, 1.807) is 30.3 Å². The number of carboxylic acid groups (broad SMARTS) is 1. The fourth-order valence-electron chi connectivity index (χ4n) is 5.12. The predicted molar refractivity (Wildman–Crippen MR) is 155 cm³/mol. The van der Waals surface area contributed by atoms with Crippen molar-refractivity contribution in [3.8, 4) is 23.0 Å². The van der Waals surface area contributed by atoms with Crippen LogP contribution in [0.4, 0.5) is 0 Å². The number of ether oxygens (including phenoxy) is 2. The number of aromatic hydroxyl groups is 4. The fraction of sp³-hybridized carbons (Fsp3) is 0.250. The van der Waals surface area contributed by atoms with E-state index in [-0.39, 0.29) is 17.5 Å². The molecule has 3 aromatic rings. The van der Waals surface area contributed by atoms with Gasteiger partial charge in [0.2, 0.25) is 0 Å². The highest BCUT2D eigenvalue weighted by Crippen LogP contribution is 2.44. The van der Waals surface area contributed by atoms with Crippen molar-refractivity contribution in [2.75, 3.05) is 0 Å². The number of esters is 2. The van der Waals surface area contributed by atoms with Crippen LogP contribution in [0.15, 0.2) is 72.8 Å². The van der Waals surface area contributed by atoms with Gasteiger partial charge in [-0.2, -0.15) is 0 Å². The summed E-state index contributed by atoms with van der Waals surface area (Å²) in [7, 11) is 0. The standard InChI is InChI=1S/C32H30O14/c33-21-9-6-18(13-24(21)36)7-11-27(39)46-32(44)26(38)16-31(43,30(41)42)20(12-17-4-2-1-3-5-17)29(32)45-28(40)15-23(35)19-8-10-22(34)25(37)14-19/h1-11,13-14,20,26,29,33-34,36-38,43-44H,12,15-16H2,(H,41,42)/t20-,26+,29+,31+,32-/m0/s1. The molecule has 1 aliphatic rings. The summed E-state index contributed by atoms with van der Waals surface area (Å²) < 4.78 is 10.6. The molecule has 242 valence electrons. The molecule has 14 nitrogen and oxygen atoms in total. The van der Waals surface area contributed by atoms with Crippen LogP contribution < -0.4 is 0 Å². The summed E-state index contributed by atoms with van der Waals surface area (Å²) in [4.78, 5) is 51.1. The monoisotopic (exact) mass is 638 g/mol. The quantitative estimate of drug-likeness (QED) is 0.0390. The average Bonchev–Trinajstić information content (AvgIpc) is 3.00. The Morgan fingerprint density at radius 3 is 2.09 bits per heavy atom. The maximum absolute atomic E-state index is 13.1. The van der Waals surface area contributed by atoms with Gasteiger partial charge >= 0.3 is 17.9 Å². The second-order valence-corrected chi connectivity index (χ2v) is 10.7. The number of ketones is 1. The number of phenolic OH excluding ortho intramolecular Hbond substituents is 4. The molecule has 0 saturated heterocycles. The molecule has 1 fully saturated rings. The first kappa shape index (κ1) is 33.5. The van der Waals surface area contributed by atoms with E-state index < -0.39 is 89.0 Å². The molecule has 0 aromatic heterocycles. The Balaban J connectivity index is 1.70. The van der Waals surface area contributed by atoms with Gasteiger partial charge in [-0.25, -0.2) is 9.59 Å². The number of phenols is 4. The summed E-state index contributed by atoms with van der Waals surface area (Å²) in [6, 6.07) is 14.5. The smallest absolute Gasteiger partial charge is 0.336 e. The Morgan fingerprint density at radius 2 is 1.48 bits per heavy atom. The van der Waals surface area contributed by atoms with E-state index in [0.29, 0.717) is 5.56 Å². The SMILES string of the molecule is O=C(C=Cc1ccc(O)c(O)c1)O[C@@]1(O)[C@H](O)C[C@](O)(C(=O)O)[C@@H](Cc2ccccc2)[C@H]1OC(=O)CC(=O)c1ccc(O)c(O)c1. The Morgan fingerprint density at radius 1 is 0.848 bits per heavy atom. The molecule has 0 radical (unpaired) electrons.